The first-order chi connectivity index (χ1) is 7.80. The average Bonchev–Trinajstić information content (AvgIpc) is 2.50. The monoisotopic (exact) mass is 233 g/mol. The molecule has 0 atom stereocenters. The largest absolute Gasteiger partial charge is 0.476 e. The number of nitrogens with zero attached hydrogens (tertiary/aromatic N) is 3. The van der Waals surface area contributed by atoms with Gasteiger partial charge in [-0.3, -0.25) is 0 Å². The molecule has 0 unspecified atom stereocenters. The van der Waals surface area contributed by atoms with E-state index in [-0.39, 0.29) is 11.1 Å². The molecular weight excluding hydrogens is 218 g/mol. The van der Waals surface area contributed by atoms with E-state index >= 15 is 0 Å². The maximum Gasteiger partial charge on any atom is 0.356 e. The van der Waals surface area contributed by atoms with Gasteiger partial charge in [0.2, 0.25) is 0 Å². The molecule has 90 valence electrons. The Bertz CT molecular complexity index is 594. The quantitative estimate of drug-likeness (QED) is 0.818. The van der Waals surface area contributed by atoms with Gasteiger partial charge in [0.15, 0.2) is 11.3 Å². The van der Waals surface area contributed by atoms with Crippen LogP contribution in [0.4, 0.5) is 0 Å². The fourth-order valence-corrected chi connectivity index (χ4v) is 1.69. The van der Waals surface area contributed by atoms with Gasteiger partial charge in [0.05, 0.1) is 11.4 Å². The summed E-state index contributed by atoms with van der Waals surface area (Å²) in [7, 11) is 0. The Hall–Kier alpha value is -1.91. The molecule has 0 spiro atoms. The van der Waals surface area contributed by atoms with Crippen LogP contribution in [0, 0.1) is 6.92 Å². The van der Waals surface area contributed by atoms with Crippen LogP contribution in [0.25, 0.3) is 5.65 Å². The lowest BCUT2D eigenvalue weighted by Crippen LogP contribution is -2.16. The minimum atomic E-state index is -1.01. The molecule has 0 aromatic carbocycles. The molecule has 0 radical (unpaired) electrons. The lowest BCUT2D eigenvalue weighted by atomic mass is 9.92. The summed E-state index contributed by atoms with van der Waals surface area (Å²) in [6.45, 7) is 7.77. The first-order valence-corrected chi connectivity index (χ1v) is 5.41. The number of hydrogen-bond donors (Lipinski definition) is 1. The highest BCUT2D eigenvalue weighted by atomic mass is 16.4. The maximum atomic E-state index is 11.2. The molecule has 0 aliphatic rings. The number of imidazole rings is 1. The molecule has 2 aromatic rings. The van der Waals surface area contributed by atoms with Crippen molar-refractivity contribution in [1.29, 1.82) is 0 Å². The summed E-state index contributed by atoms with van der Waals surface area (Å²) < 4.78 is 1.40. The van der Waals surface area contributed by atoms with Crippen molar-refractivity contribution < 1.29 is 9.90 Å². The van der Waals surface area contributed by atoms with Crippen molar-refractivity contribution >= 4 is 11.6 Å². The summed E-state index contributed by atoms with van der Waals surface area (Å²) in [5.74, 6) is -1.01. The van der Waals surface area contributed by atoms with Crippen molar-refractivity contribution in [2.45, 2.75) is 33.1 Å². The second kappa shape index (κ2) is 3.55. The standard InChI is InChI=1S/C12H15N3O2/c1-7-10(11(16)17)15-9(13-7)6-5-8(14-15)12(2,3)4/h5-6H,1-4H3,(H,16,17). The minimum absolute atomic E-state index is 0.123. The van der Waals surface area contributed by atoms with Crippen LogP contribution < -0.4 is 0 Å². The molecule has 0 aliphatic carbocycles. The Morgan fingerprint density at radius 3 is 2.53 bits per heavy atom. The first-order valence-electron chi connectivity index (χ1n) is 5.41. The van der Waals surface area contributed by atoms with Crippen molar-refractivity contribution in [3.63, 3.8) is 0 Å². The summed E-state index contributed by atoms with van der Waals surface area (Å²) in [4.78, 5) is 15.3. The third kappa shape index (κ3) is 1.88. The van der Waals surface area contributed by atoms with E-state index in [1.165, 1.54) is 4.52 Å². The van der Waals surface area contributed by atoms with Gasteiger partial charge >= 0.3 is 5.97 Å². The highest BCUT2D eigenvalue weighted by Gasteiger charge is 2.20. The molecule has 2 aromatic heterocycles. The van der Waals surface area contributed by atoms with Crippen LogP contribution in [0.5, 0.6) is 0 Å². The van der Waals surface area contributed by atoms with Crippen molar-refractivity contribution in [3.05, 3.63) is 29.2 Å². The molecule has 2 heterocycles. The Morgan fingerprint density at radius 2 is 2.00 bits per heavy atom. The summed E-state index contributed by atoms with van der Waals surface area (Å²) >= 11 is 0. The molecule has 2 rings (SSSR count). The van der Waals surface area contributed by atoms with E-state index in [1.807, 2.05) is 26.8 Å². The van der Waals surface area contributed by atoms with Gasteiger partial charge in [-0.2, -0.15) is 5.10 Å². The number of carbonyl (C=O) groups is 1. The van der Waals surface area contributed by atoms with Crippen LogP contribution in [-0.4, -0.2) is 25.7 Å². The van der Waals surface area contributed by atoms with Gasteiger partial charge in [0, 0.05) is 5.41 Å². The normalized spacial score (nSPS) is 12.0. The van der Waals surface area contributed by atoms with Crippen LogP contribution >= 0.6 is 0 Å². The van der Waals surface area contributed by atoms with Crippen LogP contribution in [0.1, 0.15) is 42.6 Å². The predicted molar refractivity (Wildman–Crippen MR) is 63.4 cm³/mol. The van der Waals surface area contributed by atoms with E-state index in [4.69, 9.17) is 5.11 Å². The number of aromatic nitrogens is 3. The highest BCUT2D eigenvalue weighted by molar-refractivity contribution is 5.88. The average molecular weight is 233 g/mol. The molecule has 17 heavy (non-hydrogen) atoms. The molecule has 0 fully saturated rings. The number of carboxylic acid groups (broad SMARTS) is 1. The van der Waals surface area contributed by atoms with Crippen LogP contribution in [-0.2, 0) is 5.41 Å². The van der Waals surface area contributed by atoms with Crippen molar-refractivity contribution in [2.24, 2.45) is 0 Å². The van der Waals surface area contributed by atoms with Crippen molar-refractivity contribution in [1.82, 2.24) is 14.6 Å². The van der Waals surface area contributed by atoms with Gasteiger partial charge in [-0.05, 0) is 19.1 Å². The highest BCUT2D eigenvalue weighted by Crippen LogP contribution is 2.21. The molecule has 0 saturated carbocycles. The molecule has 0 bridgehead atoms. The number of fused-ring (bicyclic) bond motifs is 1. The number of carboxylic acids is 1. The first kappa shape index (κ1) is 11.6. The topological polar surface area (TPSA) is 67.5 Å². The minimum Gasteiger partial charge on any atom is -0.476 e. The summed E-state index contributed by atoms with van der Waals surface area (Å²) in [6.07, 6.45) is 0. The maximum absolute atomic E-state index is 11.2. The van der Waals surface area contributed by atoms with Gasteiger partial charge < -0.3 is 5.11 Å². The summed E-state index contributed by atoms with van der Waals surface area (Å²) in [6, 6.07) is 3.68. The molecule has 5 nitrogen and oxygen atoms in total. The summed E-state index contributed by atoms with van der Waals surface area (Å²) in [5.41, 5.74) is 1.89. The number of aromatic carboxylic acids is 1. The van der Waals surface area contributed by atoms with Crippen LogP contribution in [0.3, 0.4) is 0 Å². The Kier molecular flexibility index (Phi) is 2.41. The zero-order valence-electron chi connectivity index (χ0n) is 10.4. The van der Waals surface area contributed by atoms with Gasteiger partial charge in [-0.15, -0.1) is 0 Å². The van der Waals surface area contributed by atoms with Crippen LogP contribution in [0.2, 0.25) is 0 Å². The van der Waals surface area contributed by atoms with E-state index in [2.05, 4.69) is 10.1 Å². The van der Waals surface area contributed by atoms with Gasteiger partial charge in [0.25, 0.3) is 0 Å². The third-order valence-corrected chi connectivity index (χ3v) is 2.62. The van der Waals surface area contributed by atoms with E-state index in [1.54, 1.807) is 13.0 Å². The fraction of sp³-hybridized carbons (Fsp3) is 0.417. The molecule has 0 amide bonds. The third-order valence-electron chi connectivity index (χ3n) is 2.62. The van der Waals surface area contributed by atoms with Crippen molar-refractivity contribution in [2.75, 3.05) is 0 Å². The lowest BCUT2D eigenvalue weighted by Gasteiger charge is -2.17. The molecule has 0 aliphatic heterocycles. The fourth-order valence-electron chi connectivity index (χ4n) is 1.69. The van der Waals surface area contributed by atoms with E-state index in [9.17, 15) is 4.79 Å². The Labute approximate surface area is 99.1 Å². The smallest absolute Gasteiger partial charge is 0.356 e. The number of rotatable bonds is 1. The molecule has 5 heteroatoms. The van der Waals surface area contributed by atoms with Gasteiger partial charge in [0.1, 0.15) is 0 Å². The number of hydrogen-bond acceptors (Lipinski definition) is 3. The van der Waals surface area contributed by atoms with Gasteiger partial charge in [-0.25, -0.2) is 14.3 Å². The SMILES string of the molecule is Cc1nc2ccc(C(C)(C)C)nn2c1C(=O)O. The molecule has 1 N–H and O–H groups in total. The molecule has 0 saturated heterocycles. The zero-order valence-corrected chi connectivity index (χ0v) is 10.4. The second-order valence-electron chi connectivity index (χ2n) is 5.09. The Morgan fingerprint density at radius 1 is 1.35 bits per heavy atom. The summed E-state index contributed by atoms with van der Waals surface area (Å²) in [5, 5.41) is 13.5. The number of aryl methyl sites for hydroxylation is 1. The Balaban J connectivity index is 2.75. The van der Waals surface area contributed by atoms with E-state index in [0.29, 0.717) is 11.3 Å². The van der Waals surface area contributed by atoms with Crippen molar-refractivity contribution in [3.8, 4) is 0 Å². The van der Waals surface area contributed by atoms with Crippen LogP contribution in [0.15, 0.2) is 12.1 Å². The predicted octanol–water partition coefficient (Wildman–Crippen LogP) is 2.03. The second-order valence-corrected chi connectivity index (χ2v) is 5.09. The lowest BCUT2D eigenvalue weighted by molar-refractivity contribution is 0.0687. The zero-order chi connectivity index (χ0) is 12.8. The van der Waals surface area contributed by atoms with Gasteiger partial charge in [-0.1, -0.05) is 20.8 Å². The van der Waals surface area contributed by atoms with E-state index in [0.717, 1.165) is 5.69 Å². The van der Waals surface area contributed by atoms with E-state index < -0.39 is 5.97 Å². The molecular formula is C12H15N3O2.